The number of carbonyl (C=O) groups is 2. The summed E-state index contributed by atoms with van der Waals surface area (Å²) in [5.74, 6) is -1.01. The number of rotatable bonds is 5. The van der Waals surface area contributed by atoms with E-state index in [2.05, 4.69) is 11.4 Å². The van der Waals surface area contributed by atoms with Crippen molar-refractivity contribution in [3.63, 3.8) is 0 Å². The van der Waals surface area contributed by atoms with E-state index < -0.39 is 10.7 Å². The zero-order valence-electron chi connectivity index (χ0n) is 11.9. The van der Waals surface area contributed by atoms with Gasteiger partial charge in [-0.15, -0.1) is 23.1 Å². The van der Waals surface area contributed by atoms with Gasteiger partial charge in [0.1, 0.15) is 15.8 Å². The summed E-state index contributed by atoms with van der Waals surface area (Å²) in [5, 5.41) is 21.6. The Morgan fingerprint density at radius 1 is 1.48 bits per heavy atom. The molecule has 0 saturated heterocycles. The normalized spacial score (nSPS) is 15.9. The fourth-order valence-corrected chi connectivity index (χ4v) is 4.34. The van der Waals surface area contributed by atoms with Gasteiger partial charge < -0.3 is 10.4 Å². The zero-order chi connectivity index (χ0) is 15.6. The van der Waals surface area contributed by atoms with Crippen LogP contribution < -0.4 is 5.32 Å². The number of amides is 1. The highest BCUT2D eigenvalue weighted by molar-refractivity contribution is 8.02. The molecule has 2 N–H and O–H groups in total. The fourth-order valence-electron chi connectivity index (χ4n) is 2.13. The van der Waals surface area contributed by atoms with Crippen LogP contribution in [-0.2, 0) is 9.59 Å². The summed E-state index contributed by atoms with van der Waals surface area (Å²) in [4.78, 5) is 24.2. The first-order chi connectivity index (χ1) is 9.89. The second kappa shape index (κ2) is 6.08. The van der Waals surface area contributed by atoms with Crippen molar-refractivity contribution in [2.24, 2.45) is 0 Å². The monoisotopic (exact) mass is 324 g/mol. The third-order valence-corrected chi connectivity index (χ3v) is 6.45. The van der Waals surface area contributed by atoms with E-state index in [1.807, 2.05) is 13.8 Å². The summed E-state index contributed by atoms with van der Waals surface area (Å²) < 4.78 is -0.795. The quantitative estimate of drug-likeness (QED) is 0.869. The number of hydrogen-bond donors (Lipinski definition) is 2. The van der Waals surface area contributed by atoms with Crippen LogP contribution in [0.15, 0.2) is 0 Å². The van der Waals surface area contributed by atoms with E-state index in [4.69, 9.17) is 5.26 Å². The minimum Gasteiger partial charge on any atom is -0.480 e. The number of carboxylic acids is 1. The van der Waals surface area contributed by atoms with Crippen molar-refractivity contribution >= 4 is 40.0 Å². The molecule has 1 aliphatic rings. The van der Waals surface area contributed by atoms with Crippen LogP contribution in [0.1, 0.15) is 35.3 Å². The molecule has 1 saturated carbocycles. The molecule has 1 aliphatic carbocycles. The molecule has 1 amide bonds. The summed E-state index contributed by atoms with van der Waals surface area (Å²) in [6.45, 7) is 3.75. The average molecular weight is 324 g/mol. The summed E-state index contributed by atoms with van der Waals surface area (Å²) >= 11 is 2.55. The van der Waals surface area contributed by atoms with Crippen LogP contribution in [0.5, 0.6) is 0 Å². The maximum Gasteiger partial charge on any atom is 0.319 e. The van der Waals surface area contributed by atoms with E-state index in [0.29, 0.717) is 23.4 Å². The van der Waals surface area contributed by atoms with Crippen molar-refractivity contribution in [2.75, 3.05) is 11.1 Å². The van der Waals surface area contributed by atoms with Crippen LogP contribution in [0.4, 0.5) is 5.00 Å². The number of nitriles is 1. The van der Waals surface area contributed by atoms with Gasteiger partial charge >= 0.3 is 5.97 Å². The topological polar surface area (TPSA) is 90.2 Å². The molecule has 1 fully saturated rings. The zero-order valence-corrected chi connectivity index (χ0v) is 13.5. The summed E-state index contributed by atoms with van der Waals surface area (Å²) in [5.41, 5.74) is 1.37. The van der Waals surface area contributed by atoms with Crippen molar-refractivity contribution in [1.82, 2.24) is 0 Å². The van der Waals surface area contributed by atoms with E-state index in [-0.39, 0.29) is 11.7 Å². The molecule has 1 heterocycles. The van der Waals surface area contributed by atoms with Crippen molar-refractivity contribution in [3.05, 3.63) is 16.0 Å². The molecule has 0 unspecified atom stereocenters. The Morgan fingerprint density at radius 2 is 2.14 bits per heavy atom. The minimum absolute atomic E-state index is 0.0904. The van der Waals surface area contributed by atoms with E-state index >= 15 is 0 Å². The average Bonchev–Trinajstić information content (AvgIpc) is 2.62. The summed E-state index contributed by atoms with van der Waals surface area (Å²) in [7, 11) is 0. The molecule has 0 aliphatic heterocycles. The number of hydrogen-bond acceptors (Lipinski definition) is 5. The Hall–Kier alpha value is -1.52. The molecular weight excluding hydrogens is 308 g/mol. The molecule has 0 bridgehead atoms. The molecule has 0 atom stereocenters. The number of nitrogens with zero attached hydrogens (tertiary/aromatic N) is 1. The highest BCUT2D eigenvalue weighted by Gasteiger charge is 2.45. The Kier molecular flexibility index (Phi) is 4.59. The van der Waals surface area contributed by atoms with Crippen molar-refractivity contribution in [3.8, 4) is 6.07 Å². The first-order valence-corrected chi connectivity index (χ1v) is 8.37. The van der Waals surface area contributed by atoms with E-state index in [1.165, 1.54) is 23.1 Å². The number of thiophene rings is 1. The van der Waals surface area contributed by atoms with Gasteiger partial charge in [-0.05, 0) is 38.7 Å². The Balaban J connectivity index is 1.98. The molecular formula is C14H16N2O3S2. The highest BCUT2D eigenvalue weighted by Crippen LogP contribution is 2.44. The SMILES string of the molecule is Cc1sc(NC(=O)CSC2(C(=O)O)CCC2)c(C#N)c1C. The van der Waals surface area contributed by atoms with Gasteiger partial charge in [0.05, 0.1) is 11.3 Å². The van der Waals surface area contributed by atoms with Gasteiger partial charge in [-0.3, -0.25) is 9.59 Å². The second-order valence-electron chi connectivity index (χ2n) is 5.09. The van der Waals surface area contributed by atoms with Crippen LogP contribution >= 0.6 is 23.1 Å². The van der Waals surface area contributed by atoms with Crippen LogP contribution in [0.25, 0.3) is 0 Å². The molecule has 112 valence electrons. The number of carboxylic acid groups (broad SMARTS) is 1. The third-order valence-electron chi connectivity index (χ3n) is 3.78. The number of carbonyl (C=O) groups excluding carboxylic acids is 1. The molecule has 0 radical (unpaired) electrons. The van der Waals surface area contributed by atoms with Gasteiger partial charge in [-0.2, -0.15) is 5.26 Å². The van der Waals surface area contributed by atoms with Gasteiger partial charge in [-0.25, -0.2) is 0 Å². The third kappa shape index (κ3) is 3.06. The largest absolute Gasteiger partial charge is 0.480 e. The second-order valence-corrected chi connectivity index (χ2v) is 7.67. The first-order valence-electron chi connectivity index (χ1n) is 6.57. The van der Waals surface area contributed by atoms with Crippen LogP contribution in [0.2, 0.25) is 0 Å². The molecule has 1 aromatic rings. The number of nitrogens with one attached hydrogen (secondary N) is 1. The van der Waals surface area contributed by atoms with Crippen LogP contribution in [-0.4, -0.2) is 27.5 Å². The van der Waals surface area contributed by atoms with E-state index in [9.17, 15) is 14.7 Å². The number of thioether (sulfide) groups is 1. The van der Waals surface area contributed by atoms with Crippen LogP contribution in [0.3, 0.4) is 0 Å². The predicted molar refractivity (Wildman–Crippen MR) is 83.8 cm³/mol. The lowest BCUT2D eigenvalue weighted by molar-refractivity contribution is -0.142. The Labute approximate surface area is 131 Å². The Morgan fingerprint density at radius 3 is 2.62 bits per heavy atom. The minimum atomic E-state index is -0.841. The number of aryl methyl sites for hydroxylation is 1. The smallest absolute Gasteiger partial charge is 0.319 e. The number of aliphatic carboxylic acids is 1. The van der Waals surface area contributed by atoms with Gasteiger partial charge in [0.2, 0.25) is 5.91 Å². The first kappa shape index (κ1) is 15.9. The van der Waals surface area contributed by atoms with Gasteiger partial charge in [0, 0.05) is 4.88 Å². The maximum absolute atomic E-state index is 12.0. The molecule has 21 heavy (non-hydrogen) atoms. The van der Waals surface area contributed by atoms with Crippen molar-refractivity contribution in [1.29, 1.82) is 5.26 Å². The molecule has 0 spiro atoms. The van der Waals surface area contributed by atoms with Crippen LogP contribution in [0, 0.1) is 25.2 Å². The van der Waals surface area contributed by atoms with Gasteiger partial charge in [-0.1, -0.05) is 0 Å². The summed E-state index contributed by atoms with van der Waals surface area (Å²) in [6, 6.07) is 2.10. The molecule has 1 aromatic heterocycles. The van der Waals surface area contributed by atoms with Gasteiger partial charge in [0.25, 0.3) is 0 Å². The van der Waals surface area contributed by atoms with Gasteiger partial charge in [0.15, 0.2) is 0 Å². The number of anilines is 1. The lowest BCUT2D eigenvalue weighted by Crippen LogP contribution is -2.43. The standard InChI is InChI=1S/C14H16N2O3S2/c1-8-9(2)21-12(10(8)6-15)16-11(17)7-20-14(13(18)19)4-3-5-14/h3-5,7H2,1-2H3,(H,16,17)(H,18,19). The highest BCUT2D eigenvalue weighted by atomic mass is 32.2. The lowest BCUT2D eigenvalue weighted by atomic mass is 9.84. The fraction of sp³-hybridized carbons (Fsp3) is 0.500. The van der Waals surface area contributed by atoms with E-state index in [0.717, 1.165) is 16.9 Å². The lowest BCUT2D eigenvalue weighted by Gasteiger charge is -2.36. The van der Waals surface area contributed by atoms with Crippen molar-refractivity contribution < 1.29 is 14.7 Å². The Bertz CT molecular complexity index is 627. The molecule has 2 rings (SSSR count). The summed E-state index contributed by atoms with van der Waals surface area (Å²) in [6.07, 6.45) is 2.12. The van der Waals surface area contributed by atoms with Crippen molar-refractivity contribution in [2.45, 2.75) is 37.9 Å². The maximum atomic E-state index is 12.0. The molecule has 0 aromatic carbocycles. The van der Waals surface area contributed by atoms with E-state index in [1.54, 1.807) is 0 Å². The molecule has 7 heteroatoms. The molecule has 5 nitrogen and oxygen atoms in total. The predicted octanol–water partition coefficient (Wildman–Crippen LogP) is 2.92.